The lowest BCUT2D eigenvalue weighted by Gasteiger charge is -2.24. The van der Waals surface area contributed by atoms with Crippen molar-refractivity contribution in [3.63, 3.8) is 0 Å². The van der Waals surface area contributed by atoms with Crippen LogP contribution < -0.4 is 5.32 Å². The van der Waals surface area contributed by atoms with Gasteiger partial charge in [-0.1, -0.05) is 0 Å². The molecule has 1 aromatic rings. The SMILES string of the molecule is O=S1(=O)CCCC(Nc2ccc(F)c(C(F)(F)F)c2)C1. The Morgan fingerprint density at radius 1 is 1.25 bits per heavy atom. The maximum atomic E-state index is 13.1. The lowest BCUT2D eigenvalue weighted by molar-refractivity contribution is -0.139. The second-order valence-electron chi connectivity index (χ2n) is 4.79. The van der Waals surface area contributed by atoms with E-state index in [1.807, 2.05) is 0 Å². The molecule has 2 rings (SSSR count). The number of halogens is 4. The average molecular weight is 311 g/mol. The van der Waals surface area contributed by atoms with Gasteiger partial charge < -0.3 is 5.32 Å². The van der Waals surface area contributed by atoms with Crippen molar-refractivity contribution in [1.82, 2.24) is 0 Å². The van der Waals surface area contributed by atoms with E-state index in [4.69, 9.17) is 0 Å². The van der Waals surface area contributed by atoms with Crippen LogP contribution in [0.1, 0.15) is 18.4 Å². The third-order valence-electron chi connectivity index (χ3n) is 3.11. The molecule has 1 atom stereocenters. The normalized spacial score (nSPS) is 22.5. The molecular weight excluding hydrogens is 298 g/mol. The number of hydrogen-bond donors (Lipinski definition) is 1. The fourth-order valence-corrected chi connectivity index (χ4v) is 3.84. The summed E-state index contributed by atoms with van der Waals surface area (Å²) in [5.74, 6) is -1.37. The van der Waals surface area contributed by atoms with E-state index in [1.165, 1.54) is 6.07 Å². The molecule has 1 aromatic carbocycles. The Morgan fingerprint density at radius 2 is 1.95 bits per heavy atom. The van der Waals surface area contributed by atoms with Crippen LogP contribution in [-0.2, 0) is 16.0 Å². The van der Waals surface area contributed by atoms with Crippen LogP contribution >= 0.6 is 0 Å². The smallest absolute Gasteiger partial charge is 0.381 e. The molecule has 1 unspecified atom stereocenters. The molecule has 1 saturated heterocycles. The van der Waals surface area contributed by atoms with Gasteiger partial charge in [0, 0.05) is 11.7 Å². The fourth-order valence-electron chi connectivity index (χ4n) is 2.20. The molecule has 0 aliphatic carbocycles. The van der Waals surface area contributed by atoms with Gasteiger partial charge >= 0.3 is 6.18 Å². The summed E-state index contributed by atoms with van der Waals surface area (Å²) in [4.78, 5) is 0. The predicted molar refractivity (Wildman–Crippen MR) is 66.7 cm³/mol. The molecule has 1 aliphatic rings. The monoisotopic (exact) mass is 311 g/mol. The van der Waals surface area contributed by atoms with Crippen molar-refractivity contribution in [2.75, 3.05) is 16.8 Å². The number of nitrogens with one attached hydrogen (secondary N) is 1. The van der Waals surface area contributed by atoms with Gasteiger partial charge in [0.15, 0.2) is 9.84 Å². The summed E-state index contributed by atoms with van der Waals surface area (Å²) >= 11 is 0. The van der Waals surface area contributed by atoms with Gasteiger partial charge in [0.2, 0.25) is 0 Å². The first kappa shape index (κ1) is 15.1. The molecule has 3 nitrogen and oxygen atoms in total. The summed E-state index contributed by atoms with van der Waals surface area (Å²) in [7, 11) is -3.16. The summed E-state index contributed by atoms with van der Waals surface area (Å²) < 4.78 is 73.7. The van der Waals surface area contributed by atoms with Crippen LogP contribution in [0, 0.1) is 5.82 Å². The molecule has 112 valence electrons. The zero-order valence-corrected chi connectivity index (χ0v) is 11.2. The van der Waals surface area contributed by atoms with Gasteiger partial charge in [0.25, 0.3) is 0 Å². The number of hydrogen-bond acceptors (Lipinski definition) is 3. The Labute approximate surface area is 113 Å². The molecule has 8 heteroatoms. The quantitative estimate of drug-likeness (QED) is 0.854. The third kappa shape index (κ3) is 3.62. The number of alkyl halides is 3. The van der Waals surface area contributed by atoms with E-state index in [0.29, 0.717) is 18.9 Å². The molecule has 0 spiro atoms. The van der Waals surface area contributed by atoms with Crippen LogP contribution in [0.4, 0.5) is 23.2 Å². The Balaban J connectivity index is 2.18. The van der Waals surface area contributed by atoms with Crippen molar-refractivity contribution in [2.45, 2.75) is 25.1 Å². The van der Waals surface area contributed by atoms with E-state index in [-0.39, 0.29) is 17.2 Å². The van der Waals surface area contributed by atoms with E-state index in [0.717, 1.165) is 6.07 Å². The Bertz CT molecular complexity index is 598. The molecule has 0 radical (unpaired) electrons. The highest BCUT2D eigenvalue weighted by atomic mass is 32.2. The number of sulfone groups is 1. The topological polar surface area (TPSA) is 46.2 Å². The zero-order valence-electron chi connectivity index (χ0n) is 10.4. The van der Waals surface area contributed by atoms with E-state index >= 15 is 0 Å². The van der Waals surface area contributed by atoms with E-state index in [9.17, 15) is 26.0 Å². The zero-order chi connectivity index (χ0) is 15.0. The van der Waals surface area contributed by atoms with Gasteiger partial charge in [-0.25, -0.2) is 12.8 Å². The largest absolute Gasteiger partial charge is 0.419 e. The summed E-state index contributed by atoms with van der Waals surface area (Å²) in [5, 5.41) is 2.73. The first-order chi connectivity index (χ1) is 9.17. The second-order valence-corrected chi connectivity index (χ2v) is 7.02. The van der Waals surface area contributed by atoms with Gasteiger partial charge in [0.05, 0.1) is 17.1 Å². The van der Waals surface area contributed by atoms with Crippen LogP contribution in [0.25, 0.3) is 0 Å². The minimum Gasteiger partial charge on any atom is -0.381 e. The highest BCUT2D eigenvalue weighted by Crippen LogP contribution is 2.33. The van der Waals surface area contributed by atoms with Crippen molar-refractivity contribution in [1.29, 1.82) is 0 Å². The van der Waals surface area contributed by atoms with Crippen molar-refractivity contribution in [3.05, 3.63) is 29.6 Å². The van der Waals surface area contributed by atoms with Crippen molar-refractivity contribution in [3.8, 4) is 0 Å². The number of anilines is 1. The lowest BCUT2D eigenvalue weighted by atomic mass is 10.1. The molecule has 1 aliphatic heterocycles. The maximum absolute atomic E-state index is 13.1. The van der Waals surface area contributed by atoms with Gasteiger partial charge in [-0.15, -0.1) is 0 Å². The summed E-state index contributed by atoms with van der Waals surface area (Å²) in [6, 6.07) is 2.12. The average Bonchev–Trinajstić information content (AvgIpc) is 2.29. The van der Waals surface area contributed by atoms with Gasteiger partial charge in [-0.05, 0) is 31.0 Å². The van der Waals surface area contributed by atoms with Crippen LogP contribution in [0.2, 0.25) is 0 Å². The molecule has 0 saturated carbocycles. The van der Waals surface area contributed by atoms with Crippen molar-refractivity contribution >= 4 is 15.5 Å². The van der Waals surface area contributed by atoms with Crippen LogP contribution in [-0.4, -0.2) is 26.0 Å². The fraction of sp³-hybridized carbons (Fsp3) is 0.500. The number of benzene rings is 1. The number of rotatable bonds is 2. The molecule has 0 amide bonds. The molecule has 1 heterocycles. The Morgan fingerprint density at radius 3 is 2.55 bits per heavy atom. The first-order valence-corrected chi connectivity index (χ1v) is 7.83. The molecule has 0 bridgehead atoms. The minimum absolute atomic E-state index is 0.0702. The summed E-state index contributed by atoms with van der Waals surface area (Å²) in [6.07, 6.45) is -3.76. The van der Waals surface area contributed by atoms with Crippen molar-refractivity contribution in [2.24, 2.45) is 0 Å². The van der Waals surface area contributed by atoms with Crippen LogP contribution in [0.5, 0.6) is 0 Å². The molecule has 0 aromatic heterocycles. The lowest BCUT2D eigenvalue weighted by Crippen LogP contribution is -2.34. The standard InChI is InChI=1S/C12H13F4NO2S/c13-11-4-3-8(6-10(11)12(14,15)16)17-9-2-1-5-20(18,19)7-9/h3-4,6,9,17H,1-2,5,7H2. The molecule has 1 fully saturated rings. The predicted octanol–water partition coefficient (Wildman–Crippen LogP) is 2.83. The summed E-state index contributed by atoms with van der Waals surface area (Å²) in [5.41, 5.74) is -1.29. The van der Waals surface area contributed by atoms with Gasteiger partial charge in [0.1, 0.15) is 5.82 Å². The van der Waals surface area contributed by atoms with E-state index in [2.05, 4.69) is 5.32 Å². The summed E-state index contributed by atoms with van der Waals surface area (Å²) in [6.45, 7) is 0. The van der Waals surface area contributed by atoms with Gasteiger partial charge in [-0.3, -0.25) is 0 Å². The maximum Gasteiger partial charge on any atom is 0.419 e. The Kier molecular flexibility index (Phi) is 3.95. The second kappa shape index (κ2) is 5.23. The van der Waals surface area contributed by atoms with Crippen molar-refractivity contribution < 1.29 is 26.0 Å². The third-order valence-corrected chi connectivity index (χ3v) is 4.93. The highest BCUT2D eigenvalue weighted by Gasteiger charge is 2.34. The van der Waals surface area contributed by atoms with E-state index in [1.54, 1.807) is 0 Å². The minimum atomic E-state index is -4.78. The van der Waals surface area contributed by atoms with Crippen LogP contribution in [0.15, 0.2) is 18.2 Å². The Hall–Kier alpha value is -1.31. The molecular formula is C12H13F4NO2S. The molecule has 20 heavy (non-hydrogen) atoms. The highest BCUT2D eigenvalue weighted by molar-refractivity contribution is 7.91. The van der Waals surface area contributed by atoms with Gasteiger partial charge in [-0.2, -0.15) is 13.2 Å². The molecule has 1 N–H and O–H groups in total. The van der Waals surface area contributed by atoms with E-state index < -0.39 is 33.4 Å². The first-order valence-electron chi connectivity index (χ1n) is 6.01. The van der Waals surface area contributed by atoms with Crippen LogP contribution in [0.3, 0.4) is 0 Å².